The van der Waals surface area contributed by atoms with Crippen LogP contribution in [0.15, 0.2) is 66.9 Å². The lowest BCUT2D eigenvalue weighted by Gasteiger charge is -2.34. The summed E-state index contributed by atoms with van der Waals surface area (Å²) in [4.78, 5) is 19.6. The Morgan fingerprint density at radius 3 is 2.56 bits per heavy atom. The minimum absolute atomic E-state index is 0.0974. The zero-order chi connectivity index (χ0) is 27.6. The summed E-state index contributed by atoms with van der Waals surface area (Å²) in [6, 6.07) is 16.8. The summed E-state index contributed by atoms with van der Waals surface area (Å²) < 4.78 is 40.9. The topological polar surface area (TPSA) is 82.8 Å². The highest BCUT2D eigenvalue weighted by Crippen LogP contribution is 2.32. The molecule has 4 aromatic rings. The molecule has 2 aromatic heterocycles. The number of hydrogen-bond donors (Lipinski definition) is 2. The van der Waals surface area contributed by atoms with Gasteiger partial charge in [0, 0.05) is 30.9 Å². The molecule has 1 saturated heterocycles. The van der Waals surface area contributed by atoms with Gasteiger partial charge in [-0.2, -0.15) is 18.3 Å². The minimum atomic E-state index is -4.46. The van der Waals surface area contributed by atoms with Gasteiger partial charge in [-0.25, -0.2) is 9.50 Å². The first kappa shape index (κ1) is 26.8. The molecule has 3 heterocycles. The highest BCUT2D eigenvalue weighted by atomic mass is 19.4. The number of aliphatic hydroxyl groups excluding tert-OH is 1. The van der Waals surface area contributed by atoms with Crippen molar-refractivity contribution in [3.63, 3.8) is 0 Å². The molecule has 1 atom stereocenters. The smallest absolute Gasteiger partial charge is 0.391 e. The normalized spacial score (nSPS) is 15.9. The van der Waals surface area contributed by atoms with Gasteiger partial charge < -0.3 is 10.4 Å². The summed E-state index contributed by atoms with van der Waals surface area (Å²) in [5.74, 6) is -0.293. The van der Waals surface area contributed by atoms with Gasteiger partial charge in [0.1, 0.15) is 0 Å². The third kappa shape index (κ3) is 6.12. The fraction of sp³-hybridized carbons (Fsp3) is 0.345. The van der Waals surface area contributed by atoms with Crippen LogP contribution in [0.3, 0.4) is 0 Å². The quantitative estimate of drug-likeness (QED) is 0.356. The van der Waals surface area contributed by atoms with E-state index in [2.05, 4.69) is 32.4 Å². The van der Waals surface area contributed by atoms with Crippen LogP contribution in [-0.4, -0.2) is 56.2 Å². The van der Waals surface area contributed by atoms with Crippen LogP contribution in [0, 0.1) is 12.8 Å². The van der Waals surface area contributed by atoms with Crippen molar-refractivity contribution in [2.45, 2.75) is 38.6 Å². The van der Waals surface area contributed by atoms with Gasteiger partial charge in [0.25, 0.3) is 5.91 Å². The molecule has 39 heavy (non-hydrogen) atoms. The molecule has 5 rings (SSSR count). The summed E-state index contributed by atoms with van der Waals surface area (Å²) in [5.41, 5.74) is 2.33. The fourth-order valence-corrected chi connectivity index (χ4v) is 5.06. The second-order valence-electron chi connectivity index (χ2n) is 10.0. The number of rotatable bonds is 7. The summed E-state index contributed by atoms with van der Waals surface area (Å²) in [5, 5.41) is 18.0. The Morgan fingerprint density at radius 1 is 1.10 bits per heavy atom. The van der Waals surface area contributed by atoms with E-state index in [0.29, 0.717) is 22.6 Å². The first-order valence-corrected chi connectivity index (χ1v) is 12.9. The molecule has 2 aromatic carbocycles. The lowest BCUT2D eigenvalue weighted by molar-refractivity contribution is -0.137. The van der Waals surface area contributed by atoms with E-state index in [9.17, 15) is 23.1 Å². The van der Waals surface area contributed by atoms with Crippen molar-refractivity contribution in [3.8, 4) is 11.3 Å². The Labute approximate surface area is 224 Å². The summed E-state index contributed by atoms with van der Waals surface area (Å²) in [6.07, 6.45) is -2.00. The van der Waals surface area contributed by atoms with Crippen molar-refractivity contribution < 1.29 is 23.1 Å². The molecule has 1 aliphatic heterocycles. The molecule has 2 N–H and O–H groups in total. The highest BCUT2D eigenvalue weighted by molar-refractivity contribution is 5.95. The third-order valence-electron chi connectivity index (χ3n) is 7.35. The van der Waals surface area contributed by atoms with Crippen LogP contribution >= 0.6 is 0 Å². The zero-order valence-corrected chi connectivity index (χ0v) is 21.5. The molecular weight excluding hydrogens is 507 g/mol. The summed E-state index contributed by atoms with van der Waals surface area (Å²) >= 11 is 0. The number of aromatic nitrogens is 3. The summed E-state index contributed by atoms with van der Waals surface area (Å²) in [7, 11) is 0. The van der Waals surface area contributed by atoms with Crippen molar-refractivity contribution in [1.82, 2.24) is 24.8 Å². The molecule has 1 amide bonds. The van der Waals surface area contributed by atoms with Gasteiger partial charge in [-0.3, -0.25) is 9.69 Å². The van der Waals surface area contributed by atoms with E-state index in [1.54, 1.807) is 19.1 Å². The van der Waals surface area contributed by atoms with Gasteiger partial charge in [-0.15, -0.1) is 0 Å². The van der Waals surface area contributed by atoms with Crippen LogP contribution in [0.4, 0.5) is 13.2 Å². The largest absolute Gasteiger partial charge is 0.416 e. The van der Waals surface area contributed by atoms with Gasteiger partial charge in [-0.05, 0) is 56.5 Å². The number of amides is 1. The predicted molar refractivity (Wildman–Crippen MR) is 141 cm³/mol. The summed E-state index contributed by atoms with van der Waals surface area (Å²) in [6.45, 7) is 4.48. The van der Waals surface area contributed by atoms with Crippen LogP contribution < -0.4 is 5.32 Å². The number of carbonyl (C=O) groups excluding carboxylic acids is 1. The van der Waals surface area contributed by atoms with Crippen molar-refractivity contribution in [2.24, 2.45) is 5.92 Å². The van der Waals surface area contributed by atoms with E-state index >= 15 is 0 Å². The molecule has 0 radical (unpaired) electrons. The minimum Gasteiger partial charge on any atom is -0.391 e. The number of nitrogens with zero attached hydrogens (tertiary/aromatic N) is 4. The monoisotopic (exact) mass is 537 g/mol. The number of aryl methyl sites for hydroxylation is 1. The highest BCUT2D eigenvalue weighted by Gasteiger charge is 2.31. The van der Waals surface area contributed by atoms with Crippen LogP contribution in [0.25, 0.3) is 16.9 Å². The Bertz CT molecular complexity index is 1450. The number of carbonyl (C=O) groups is 1. The first-order valence-electron chi connectivity index (χ1n) is 12.9. The third-order valence-corrected chi connectivity index (χ3v) is 7.35. The van der Waals surface area contributed by atoms with Gasteiger partial charge >= 0.3 is 6.18 Å². The maximum Gasteiger partial charge on any atom is 0.416 e. The predicted octanol–water partition coefficient (Wildman–Crippen LogP) is 4.73. The number of piperidine rings is 1. The van der Waals surface area contributed by atoms with E-state index in [0.717, 1.165) is 44.6 Å². The Balaban J connectivity index is 1.20. The van der Waals surface area contributed by atoms with E-state index < -0.39 is 23.8 Å². The molecule has 7 nitrogen and oxygen atoms in total. The van der Waals surface area contributed by atoms with Crippen LogP contribution in [-0.2, 0) is 12.7 Å². The van der Waals surface area contributed by atoms with Crippen LogP contribution in [0.5, 0.6) is 0 Å². The van der Waals surface area contributed by atoms with Crippen molar-refractivity contribution in [2.75, 3.05) is 19.6 Å². The number of nitrogens with one attached hydrogen (secondary N) is 1. The molecule has 1 fully saturated rings. The second-order valence-corrected chi connectivity index (χ2v) is 10.0. The first-order chi connectivity index (χ1) is 18.7. The maximum atomic E-state index is 13.1. The fourth-order valence-electron chi connectivity index (χ4n) is 5.06. The molecule has 204 valence electrons. The van der Waals surface area contributed by atoms with Gasteiger partial charge in [0.2, 0.25) is 0 Å². The van der Waals surface area contributed by atoms with Crippen molar-refractivity contribution in [3.05, 3.63) is 89.2 Å². The number of fused-ring (bicyclic) bond motifs is 1. The van der Waals surface area contributed by atoms with E-state index in [1.807, 2.05) is 18.2 Å². The van der Waals surface area contributed by atoms with Gasteiger partial charge in [0.05, 0.1) is 28.6 Å². The molecule has 0 spiro atoms. The molecule has 0 bridgehead atoms. The van der Waals surface area contributed by atoms with Gasteiger partial charge in [-0.1, -0.05) is 42.5 Å². The maximum absolute atomic E-state index is 13.1. The molecule has 0 aliphatic carbocycles. The van der Waals surface area contributed by atoms with E-state index in [-0.39, 0.29) is 18.0 Å². The number of alkyl halides is 3. The average Bonchev–Trinajstić information content (AvgIpc) is 3.38. The Hall–Kier alpha value is -3.76. The molecule has 0 saturated carbocycles. The zero-order valence-electron chi connectivity index (χ0n) is 21.5. The SMILES string of the molecule is Cc1c(C(=O)NC[C@H](O)C2CCN(Cc3ccccc3)CC2)cnc2cc(-c3cccc(C(F)(F)F)c3)nn12. The molecule has 0 unspecified atom stereocenters. The standard InChI is InChI=1S/C29H30F3N5O2/c1-19-24(16-33-27-15-25(35-37(19)27)22-8-5-9-23(14-22)29(30,31)32)28(39)34-17-26(38)21-10-12-36(13-11-21)18-20-6-3-2-4-7-20/h2-9,14-16,21,26,38H,10-13,17-18H2,1H3,(H,34,39)/t26-/m0/s1. The second kappa shape index (κ2) is 11.2. The lowest BCUT2D eigenvalue weighted by Crippen LogP contribution is -2.42. The van der Waals surface area contributed by atoms with Crippen LogP contribution in [0.2, 0.25) is 0 Å². The number of halogens is 3. The molecule has 10 heteroatoms. The molecule has 1 aliphatic rings. The Kier molecular flexibility index (Phi) is 7.67. The van der Waals surface area contributed by atoms with E-state index in [1.165, 1.54) is 22.3 Å². The van der Waals surface area contributed by atoms with Gasteiger partial charge in [0.15, 0.2) is 5.65 Å². The Morgan fingerprint density at radius 2 is 1.85 bits per heavy atom. The number of hydrogen-bond acceptors (Lipinski definition) is 5. The number of benzene rings is 2. The molecular formula is C29H30F3N5O2. The number of likely N-dealkylation sites (tertiary alicyclic amines) is 1. The van der Waals surface area contributed by atoms with Crippen molar-refractivity contribution >= 4 is 11.6 Å². The van der Waals surface area contributed by atoms with E-state index in [4.69, 9.17) is 0 Å². The van der Waals surface area contributed by atoms with Crippen molar-refractivity contribution in [1.29, 1.82) is 0 Å². The lowest BCUT2D eigenvalue weighted by atomic mass is 9.91. The number of aliphatic hydroxyl groups is 1. The van der Waals surface area contributed by atoms with Crippen LogP contribution in [0.1, 0.15) is 40.0 Å². The average molecular weight is 538 g/mol.